The van der Waals surface area contributed by atoms with E-state index in [0.717, 1.165) is 78.0 Å². The first kappa shape index (κ1) is 45.7. The molecule has 304 valence electrons. The van der Waals surface area contributed by atoms with Crippen molar-refractivity contribution in [1.82, 2.24) is 50.3 Å². The molecule has 6 rings (SSSR count). The topological polar surface area (TPSA) is 164 Å². The molecule has 0 aliphatic carbocycles. The summed E-state index contributed by atoms with van der Waals surface area (Å²) >= 11 is 16.5. The highest BCUT2D eigenvalue weighted by molar-refractivity contribution is 6.30. The molecule has 0 radical (unpaired) electrons. The van der Waals surface area contributed by atoms with E-state index in [-0.39, 0.29) is 41.4 Å². The van der Waals surface area contributed by atoms with E-state index in [1.165, 1.54) is 25.5 Å². The number of esters is 1. The van der Waals surface area contributed by atoms with Gasteiger partial charge in [0, 0.05) is 57.3 Å². The van der Waals surface area contributed by atoms with Crippen molar-refractivity contribution in [2.24, 2.45) is 5.92 Å². The van der Waals surface area contributed by atoms with Crippen molar-refractivity contribution >= 4 is 52.8 Å². The molecule has 0 spiro atoms. The summed E-state index contributed by atoms with van der Waals surface area (Å²) < 4.78 is 10.8. The Labute approximate surface area is 336 Å². The molecule has 2 unspecified atom stereocenters. The number of halogens is 3. The van der Waals surface area contributed by atoms with Crippen molar-refractivity contribution in [2.45, 2.75) is 123 Å². The highest BCUT2D eigenvalue weighted by Gasteiger charge is 2.33. The Kier molecular flexibility index (Phi) is 18.3. The Bertz CT molecular complexity index is 1430. The molecule has 2 aromatic heterocycles. The van der Waals surface area contributed by atoms with Crippen LogP contribution in [0.2, 0.25) is 15.9 Å². The molecule has 6 heterocycles. The van der Waals surface area contributed by atoms with Crippen LogP contribution in [0.1, 0.15) is 93.9 Å². The molecule has 4 aliphatic rings. The number of anilines is 1. The SMILES string of the molecule is C.CC(C)(C)OC(=O)CC1CCN(C2CCN(c3ncnc(Cl)n3)CC2)C1.CC(C)(C)OC(=O)NC1CCN(C2CCNCC2)C1.Clc1ncnc(Cl)n1. The fourth-order valence-corrected chi connectivity index (χ4v) is 7.38. The number of ether oxygens (including phenoxy) is 2. The molecular formula is C36H60Cl3N11O4. The van der Waals surface area contributed by atoms with Crippen LogP contribution in [0, 0.1) is 5.92 Å². The molecule has 0 aromatic carbocycles. The lowest BCUT2D eigenvalue weighted by atomic mass is 10.0. The smallest absolute Gasteiger partial charge is 0.407 e. The first-order chi connectivity index (χ1) is 25.0. The number of alkyl carbamates (subject to hydrolysis) is 1. The van der Waals surface area contributed by atoms with E-state index in [1.54, 1.807) is 0 Å². The van der Waals surface area contributed by atoms with Gasteiger partial charge in [-0.25, -0.2) is 24.7 Å². The van der Waals surface area contributed by atoms with Gasteiger partial charge in [0.1, 0.15) is 23.9 Å². The molecule has 2 atom stereocenters. The van der Waals surface area contributed by atoms with Crippen LogP contribution in [0.5, 0.6) is 0 Å². The van der Waals surface area contributed by atoms with Gasteiger partial charge in [-0.15, -0.1) is 0 Å². The van der Waals surface area contributed by atoms with Crippen molar-refractivity contribution in [3.63, 3.8) is 0 Å². The Morgan fingerprint density at radius 1 is 0.741 bits per heavy atom. The van der Waals surface area contributed by atoms with Gasteiger partial charge in [0.05, 0.1) is 0 Å². The van der Waals surface area contributed by atoms with E-state index in [4.69, 9.17) is 44.3 Å². The second kappa shape index (κ2) is 21.6. The molecular weight excluding hydrogens is 757 g/mol. The third-order valence-corrected chi connectivity index (χ3v) is 9.81. The number of amides is 1. The highest BCUT2D eigenvalue weighted by Crippen LogP contribution is 2.28. The molecule has 54 heavy (non-hydrogen) atoms. The molecule has 0 saturated carbocycles. The first-order valence-electron chi connectivity index (χ1n) is 18.5. The lowest BCUT2D eigenvalue weighted by Crippen LogP contribution is -2.45. The number of aromatic nitrogens is 6. The third kappa shape index (κ3) is 16.6. The van der Waals surface area contributed by atoms with E-state index in [2.05, 4.69) is 55.2 Å². The quantitative estimate of drug-likeness (QED) is 0.342. The molecule has 18 heteroatoms. The van der Waals surface area contributed by atoms with Gasteiger partial charge in [-0.1, -0.05) is 7.43 Å². The zero-order valence-corrected chi connectivity index (χ0v) is 34.1. The molecule has 1 amide bonds. The molecule has 2 aromatic rings. The number of carbonyl (C=O) groups is 2. The Balaban J connectivity index is 0.000000244. The Hall–Kier alpha value is -2.69. The number of likely N-dealkylation sites (tertiary alicyclic amines) is 2. The summed E-state index contributed by atoms with van der Waals surface area (Å²) in [5.74, 6) is 0.990. The fourth-order valence-electron chi connectivity index (χ4n) is 6.97. The van der Waals surface area contributed by atoms with Gasteiger partial charge in [-0.3, -0.25) is 14.6 Å². The molecule has 4 fully saturated rings. The van der Waals surface area contributed by atoms with E-state index >= 15 is 0 Å². The number of hydrogen-bond acceptors (Lipinski definition) is 14. The average Bonchev–Trinajstić information content (AvgIpc) is 3.74. The van der Waals surface area contributed by atoms with E-state index in [0.29, 0.717) is 30.4 Å². The number of carbonyl (C=O) groups excluding carboxylic acids is 2. The minimum Gasteiger partial charge on any atom is -0.460 e. The predicted molar refractivity (Wildman–Crippen MR) is 212 cm³/mol. The summed E-state index contributed by atoms with van der Waals surface area (Å²) in [4.78, 5) is 53.7. The molecule has 15 nitrogen and oxygen atoms in total. The maximum Gasteiger partial charge on any atom is 0.407 e. The van der Waals surface area contributed by atoms with Crippen molar-refractivity contribution in [3.05, 3.63) is 28.5 Å². The van der Waals surface area contributed by atoms with Crippen molar-refractivity contribution in [2.75, 3.05) is 57.3 Å². The first-order valence-corrected chi connectivity index (χ1v) is 19.7. The summed E-state index contributed by atoms with van der Waals surface area (Å²) in [7, 11) is 0. The lowest BCUT2D eigenvalue weighted by molar-refractivity contribution is -0.155. The fraction of sp³-hybridized carbons (Fsp3) is 0.778. The van der Waals surface area contributed by atoms with Gasteiger partial charge < -0.3 is 25.0 Å². The minimum atomic E-state index is -0.419. The second-order valence-electron chi connectivity index (χ2n) is 15.8. The third-order valence-electron chi connectivity index (χ3n) is 9.26. The zero-order chi connectivity index (χ0) is 38.6. The maximum atomic E-state index is 12.0. The normalized spacial score (nSPS) is 21.5. The summed E-state index contributed by atoms with van der Waals surface area (Å²) in [6, 6.07) is 1.49. The number of nitrogens with one attached hydrogen (secondary N) is 2. The maximum absolute atomic E-state index is 12.0. The van der Waals surface area contributed by atoms with Crippen LogP contribution in [0.3, 0.4) is 0 Å². The van der Waals surface area contributed by atoms with Gasteiger partial charge in [0.15, 0.2) is 0 Å². The number of nitrogens with zero attached hydrogens (tertiary/aromatic N) is 9. The molecule has 2 N–H and O–H groups in total. The minimum absolute atomic E-state index is 0. The van der Waals surface area contributed by atoms with Gasteiger partial charge in [0.2, 0.25) is 21.8 Å². The van der Waals surface area contributed by atoms with Gasteiger partial charge in [0.25, 0.3) is 0 Å². The summed E-state index contributed by atoms with van der Waals surface area (Å²) in [5, 5.41) is 6.85. The molecule has 4 aliphatic heterocycles. The van der Waals surface area contributed by atoms with E-state index in [9.17, 15) is 9.59 Å². The van der Waals surface area contributed by atoms with Gasteiger partial charge in [-0.05, 0) is 140 Å². The monoisotopic (exact) mass is 815 g/mol. The van der Waals surface area contributed by atoms with Crippen molar-refractivity contribution in [1.29, 1.82) is 0 Å². The largest absolute Gasteiger partial charge is 0.460 e. The van der Waals surface area contributed by atoms with E-state index in [1.807, 2.05) is 41.5 Å². The van der Waals surface area contributed by atoms with Crippen molar-refractivity contribution < 1.29 is 19.1 Å². The zero-order valence-electron chi connectivity index (χ0n) is 31.9. The van der Waals surface area contributed by atoms with E-state index < -0.39 is 11.2 Å². The Morgan fingerprint density at radius 2 is 1.28 bits per heavy atom. The Morgan fingerprint density at radius 3 is 1.83 bits per heavy atom. The number of rotatable bonds is 6. The summed E-state index contributed by atoms with van der Waals surface area (Å²) in [5.41, 5.74) is -0.822. The molecule has 0 bridgehead atoms. The summed E-state index contributed by atoms with van der Waals surface area (Å²) in [6.45, 7) is 19.6. The van der Waals surface area contributed by atoms with Crippen LogP contribution in [-0.4, -0.2) is 133 Å². The van der Waals surface area contributed by atoms with Crippen molar-refractivity contribution in [3.8, 4) is 0 Å². The number of piperidine rings is 2. The van der Waals surface area contributed by atoms with Gasteiger partial charge in [-0.2, -0.15) is 9.97 Å². The van der Waals surface area contributed by atoms with Crippen LogP contribution < -0.4 is 15.5 Å². The predicted octanol–water partition coefficient (Wildman–Crippen LogP) is 5.70. The number of hydrogen-bond donors (Lipinski definition) is 2. The average molecular weight is 817 g/mol. The molecule has 4 saturated heterocycles. The lowest BCUT2D eigenvalue weighted by Gasteiger charge is -2.36. The van der Waals surface area contributed by atoms with Crippen LogP contribution >= 0.6 is 34.8 Å². The highest BCUT2D eigenvalue weighted by atomic mass is 35.5. The summed E-state index contributed by atoms with van der Waals surface area (Å²) in [6.07, 6.45) is 9.63. The van der Waals surface area contributed by atoms with Crippen LogP contribution in [-0.2, 0) is 14.3 Å². The standard InChI is InChI=1S/C18H28ClN5O2.C14H27N3O2.C3HCl2N3.CH4/c1-18(2,3)26-15(25)10-13-4-7-24(11-13)14-5-8-23(9-6-14)17-21-12-20-16(19)22-17;1-14(2,3)19-13(18)16-11-6-9-17(10-11)12-4-7-15-8-5-12;4-2-6-1-7-3(5)8-2;/h12-14H,4-11H2,1-3H3;11-12,15H,4-10H2,1-3H3,(H,16,18);1H;1H4. The van der Waals surface area contributed by atoms with Crippen LogP contribution in [0.15, 0.2) is 12.7 Å². The second-order valence-corrected chi connectivity index (χ2v) is 16.9. The van der Waals surface area contributed by atoms with Crippen LogP contribution in [0.25, 0.3) is 0 Å². The van der Waals surface area contributed by atoms with Gasteiger partial charge >= 0.3 is 12.1 Å². The van der Waals surface area contributed by atoms with Crippen LogP contribution in [0.4, 0.5) is 10.7 Å².